The van der Waals surface area contributed by atoms with E-state index in [9.17, 15) is 4.79 Å². The van der Waals surface area contributed by atoms with Crippen molar-refractivity contribution in [3.63, 3.8) is 0 Å². The largest absolute Gasteiger partial charge is 0.495 e. The zero-order valence-corrected chi connectivity index (χ0v) is 12.3. The van der Waals surface area contributed by atoms with Crippen LogP contribution in [0.5, 0.6) is 5.75 Å². The average Bonchev–Trinajstić information content (AvgIpc) is 2.55. The molecule has 1 amide bonds. The molecule has 22 heavy (non-hydrogen) atoms. The third-order valence-electron chi connectivity index (χ3n) is 3.07. The van der Waals surface area contributed by atoms with E-state index in [-0.39, 0.29) is 12.5 Å². The van der Waals surface area contributed by atoms with Gasteiger partial charge in [-0.05, 0) is 29.8 Å². The minimum Gasteiger partial charge on any atom is -0.495 e. The van der Waals surface area contributed by atoms with Gasteiger partial charge in [0.1, 0.15) is 5.75 Å². The molecule has 0 saturated carbocycles. The number of anilines is 2. The molecule has 0 fully saturated rings. The number of nitrogens with one attached hydrogen (secondary N) is 2. The second-order valence-corrected chi connectivity index (χ2v) is 4.63. The van der Waals surface area contributed by atoms with Gasteiger partial charge in [0.25, 0.3) is 0 Å². The normalized spacial score (nSPS) is 9.64. The third-order valence-corrected chi connectivity index (χ3v) is 3.07. The second-order valence-electron chi connectivity index (χ2n) is 4.63. The maximum Gasteiger partial charge on any atom is 0.243 e. The van der Waals surface area contributed by atoms with E-state index in [0.717, 1.165) is 11.3 Å². The predicted octanol–water partition coefficient (Wildman–Crippen LogP) is 2.81. The summed E-state index contributed by atoms with van der Waals surface area (Å²) in [6, 6.07) is 16.7. The summed E-state index contributed by atoms with van der Waals surface area (Å²) in [6.45, 7) is 0.139. The maximum absolute atomic E-state index is 11.9. The van der Waals surface area contributed by atoms with Crippen molar-refractivity contribution >= 4 is 17.3 Å². The van der Waals surface area contributed by atoms with Gasteiger partial charge < -0.3 is 15.4 Å². The van der Waals surface area contributed by atoms with E-state index < -0.39 is 0 Å². The Morgan fingerprint density at radius 3 is 2.59 bits per heavy atom. The molecule has 0 aromatic heterocycles. The number of methoxy groups -OCH3 is 1. The van der Waals surface area contributed by atoms with Crippen LogP contribution in [-0.2, 0) is 11.2 Å². The van der Waals surface area contributed by atoms with Crippen LogP contribution >= 0.6 is 0 Å². The van der Waals surface area contributed by atoms with Crippen molar-refractivity contribution in [1.29, 1.82) is 5.26 Å². The average molecular weight is 295 g/mol. The number of carbonyl (C=O) groups is 1. The lowest BCUT2D eigenvalue weighted by molar-refractivity contribution is -0.114. The molecular formula is C17H17N3O2. The van der Waals surface area contributed by atoms with Gasteiger partial charge in [-0.15, -0.1) is 0 Å². The quantitative estimate of drug-likeness (QED) is 0.859. The number of ether oxygens (including phenoxy) is 1. The van der Waals surface area contributed by atoms with E-state index in [4.69, 9.17) is 10.00 Å². The van der Waals surface area contributed by atoms with E-state index in [1.54, 1.807) is 19.2 Å². The Morgan fingerprint density at radius 1 is 1.18 bits per heavy atom. The second kappa shape index (κ2) is 7.70. The number of rotatable bonds is 6. The highest BCUT2D eigenvalue weighted by atomic mass is 16.5. The summed E-state index contributed by atoms with van der Waals surface area (Å²) in [5.41, 5.74) is 2.39. The Labute approximate surface area is 129 Å². The fourth-order valence-electron chi connectivity index (χ4n) is 1.97. The van der Waals surface area contributed by atoms with Crippen molar-refractivity contribution in [3.8, 4) is 11.8 Å². The molecule has 2 N–H and O–H groups in total. The van der Waals surface area contributed by atoms with Crippen LogP contribution in [0.4, 0.5) is 11.4 Å². The van der Waals surface area contributed by atoms with Crippen molar-refractivity contribution < 1.29 is 9.53 Å². The van der Waals surface area contributed by atoms with Crippen LogP contribution in [0.25, 0.3) is 0 Å². The molecule has 2 rings (SSSR count). The van der Waals surface area contributed by atoms with Crippen molar-refractivity contribution in [2.75, 3.05) is 24.3 Å². The third kappa shape index (κ3) is 4.25. The molecule has 2 aromatic rings. The first kappa shape index (κ1) is 15.4. The first-order chi connectivity index (χ1) is 10.7. The molecule has 2 aromatic carbocycles. The van der Waals surface area contributed by atoms with Gasteiger partial charge in [-0.3, -0.25) is 4.79 Å². The Bertz CT molecular complexity index is 675. The number of nitriles is 1. The molecule has 0 heterocycles. The minimum absolute atomic E-state index is 0.139. The van der Waals surface area contributed by atoms with E-state index in [0.29, 0.717) is 17.9 Å². The molecule has 0 unspecified atom stereocenters. The van der Waals surface area contributed by atoms with Gasteiger partial charge in [-0.1, -0.05) is 24.3 Å². The summed E-state index contributed by atoms with van der Waals surface area (Å²) in [6.07, 6.45) is 0.365. The number of para-hydroxylation sites is 2. The topological polar surface area (TPSA) is 74.2 Å². The molecule has 0 aliphatic rings. The SMILES string of the molecule is COc1ccccc1NCC(=O)Nc1ccc(CC#N)cc1. The van der Waals surface area contributed by atoms with E-state index in [2.05, 4.69) is 16.7 Å². The van der Waals surface area contributed by atoms with Crippen molar-refractivity contribution in [1.82, 2.24) is 0 Å². The Morgan fingerprint density at radius 2 is 1.91 bits per heavy atom. The van der Waals surface area contributed by atoms with Crippen LogP contribution < -0.4 is 15.4 Å². The number of carbonyl (C=O) groups excluding carboxylic acids is 1. The molecular weight excluding hydrogens is 278 g/mol. The van der Waals surface area contributed by atoms with Gasteiger partial charge in [0.2, 0.25) is 5.91 Å². The fourth-order valence-corrected chi connectivity index (χ4v) is 1.97. The van der Waals surface area contributed by atoms with Gasteiger partial charge in [0, 0.05) is 5.69 Å². The Balaban J connectivity index is 1.89. The van der Waals surface area contributed by atoms with Crippen LogP contribution in [0.3, 0.4) is 0 Å². The summed E-state index contributed by atoms with van der Waals surface area (Å²) >= 11 is 0. The van der Waals surface area contributed by atoms with Gasteiger partial charge in [0.05, 0.1) is 31.8 Å². The summed E-state index contributed by atoms with van der Waals surface area (Å²) in [5.74, 6) is 0.537. The summed E-state index contributed by atoms with van der Waals surface area (Å²) in [5, 5.41) is 14.4. The molecule has 0 aliphatic carbocycles. The lowest BCUT2D eigenvalue weighted by atomic mass is 10.1. The molecule has 5 nitrogen and oxygen atoms in total. The number of hydrogen-bond donors (Lipinski definition) is 2. The summed E-state index contributed by atoms with van der Waals surface area (Å²) in [4.78, 5) is 11.9. The number of benzene rings is 2. The van der Waals surface area contributed by atoms with E-state index in [1.807, 2.05) is 36.4 Å². The van der Waals surface area contributed by atoms with Gasteiger partial charge >= 0.3 is 0 Å². The van der Waals surface area contributed by atoms with Crippen LogP contribution in [0.15, 0.2) is 48.5 Å². The lowest BCUT2D eigenvalue weighted by Crippen LogP contribution is -2.21. The zero-order valence-electron chi connectivity index (χ0n) is 12.3. The summed E-state index contributed by atoms with van der Waals surface area (Å²) in [7, 11) is 1.59. The molecule has 0 saturated heterocycles. The predicted molar refractivity (Wildman–Crippen MR) is 85.9 cm³/mol. The highest BCUT2D eigenvalue weighted by Gasteiger charge is 2.05. The van der Waals surface area contributed by atoms with Crippen LogP contribution in [-0.4, -0.2) is 19.6 Å². The van der Waals surface area contributed by atoms with Gasteiger partial charge in [0.15, 0.2) is 0 Å². The monoisotopic (exact) mass is 295 g/mol. The molecule has 5 heteroatoms. The number of hydrogen-bond acceptors (Lipinski definition) is 4. The van der Waals surface area contributed by atoms with Crippen LogP contribution in [0.2, 0.25) is 0 Å². The van der Waals surface area contributed by atoms with Crippen LogP contribution in [0, 0.1) is 11.3 Å². The summed E-state index contributed by atoms with van der Waals surface area (Å²) < 4.78 is 5.21. The fraction of sp³-hybridized carbons (Fsp3) is 0.176. The van der Waals surface area contributed by atoms with Crippen molar-refractivity contribution in [2.24, 2.45) is 0 Å². The molecule has 0 radical (unpaired) electrons. The molecule has 0 aliphatic heterocycles. The molecule has 0 spiro atoms. The molecule has 0 atom stereocenters. The number of nitrogens with zero attached hydrogens (tertiary/aromatic N) is 1. The smallest absolute Gasteiger partial charge is 0.243 e. The maximum atomic E-state index is 11.9. The van der Waals surface area contributed by atoms with E-state index in [1.165, 1.54) is 0 Å². The highest BCUT2D eigenvalue weighted by Crippen LogP contribution is 2.22. The molecule has 0 bridgehead atoms. The first-order valence-corrected chi connectivity index (χ1v) is 6.85. The first-order valence-electron chi connectivity index (χ1n) is 6.85. The van der Waals surface area contributed by atoms with Crippen molar-refractivity contribution in [2.45, 2.75) is 6.42 Å². The lowest BCUT2D eigenvalue weighted by Gasteiger charge is -2.11. The Hall–Kier alpha value is -3.00. The minimum atomic E-state index is -0.154. The Kier molecular flexibility index (Phi) is 5.38. The van der Waals surface area contributed by atoms with Gasteiger partial charge in [-0.2, -0.15) is 5.26 Å². The standard InChI is InChI=1S/C17H17N3O2/c1-22-16-5-3-2-4-15(16)19-12-17(21)20-14-8-6-13(7-9-14)10-11-18/h2-9,19H,10,12H2,1H3,(H,20,21). The highest BCUT2D eigenvalue weighted by molar-refractivity contribution is 5.93. The van der Waals surface area contributed by atoms with Crippen molar-refractivity contribution in [3.05, 3.63) is 54.1 Å². The zero-order chi connectivity index (χ0) is 15.8. The van der Waals surface area contributed by atoms with E-state index >= 15 is 0 Å². The van der Waals surface area contributed by atoms with Crippen LogP contribution in [0.1, 0.15) is 5.56 Å². The molecule has 112 valence electrons. The van der Waals surface area contributed by atoms with Gasteiger partial charge in [-0.25, -0.2) is 0 Å². The number of amides is 1.